The molecule has 21 heavy (non-hydrogen) atoms. The molecule has 110 valence electrons. The molecule has 0 spiro atoms. The molecule has 5 heteroatoms. The molecule has 2 aromatic rings. The van der Waals surface area contributed by atoms with Gasteiger partial charge in [0.2, 0.25) is 0 Å². The van der Waals surface area contributed by atoms with Gasteiger partial charge >= 0.3 is 0 Å². The average Bonchev–Trinajstić information content (AvgIpc) is 2.49. The van der Waals surface area contributed by atoms with Gasteiger partial charge in [-0.2, -0.15) is 0 Å². The molecule has 0 unspecified atom stereocenters. The van der Waals surface area contributed by atoms with Crippen molar-refractivity contribution in [2.75, 3.05) is 17.7 Å². The topological polar surface area (TPSA) is 33.3 Å². The fourth-order valence-electron chi connectivity index (χ4n) is 1.96. The minimum absolute atomic E-state index is 0.556. The van der Waals surface area contributed by atoms with Gasteiger partial charge in [0.1, 0.15) is 5.75 Å². The monoisotopic (exact) mass is 364 g/mol. The highest BCUT2D eigenvalue weighted by atomic mass is 79.9. The van der Waals surface area contributed by atoms with Crippen LogP contribution in [0.15, 0.2) is 46.9 Å². The molecule has 2 N–H and O–H groups in total. The van der Waals surface area contributed by atoms with Crippen LogP contribution >= 0.6 is 28.1 Å². The Labute approximate surface area is 138 Å². The molecule has 0 heterocycles. The first-order chi connectivity index (χ1) is 10.1. The summed E-state index contributed by atoms with van der Waals surface area (Å²) in [6.07, 6.45) is 0.934. The third-order valence-electron chi connectivity index (χ3n) is 3.02. The number of rotatable bonds is 4. The highest BCUT2D eigenvalue weighted by Crippen LogP contribution is 2.22. The molecule has 0 radical (unpaired) electrons. The van der Waals surface area contributed by atoms with Crippen LogP contribution in [0.25, 0.3) is 0 Å². The van der Waals surface area contributed by atoms with E-state index in [1.165, 1.54) is 5.56 Å². The molecule has 0 saturated heterocycles. The lowest BCUT2D eigenvalue weighted by Gasteiger charge is -2.14. The normalized spacial score (nSPS) is 10.0. The summed E-state index contributed by atoms with van der Waals surface area (Å²) < 4.78 is 6.26. The summed E-state index contributed by atoms with van der Waals surface area (Å²) in [5, 5.41) is 6.95. The van der Waals surface area contributed by atoms with Crippen molar-refractivity contribution in [2.24, 2.45) is 0 Å². The maximum atomic E-state index is 5.36. The fraction of sp³-hybridized carbons (Fsp3) is 0.188. The zero-order valence-corrected chi connectivity index (χ0v) is 14.3. The van der Waals surface area contributed by atoms with Crippen LogP contribution in [-0.2, 0) is 6.42 Å². The summed E-state index contributed by atoms with van der Waals surface area (Å²) in [4.78, 5) is 0. The van der Waals surface area contributed by atoms with Gasteiger partial charge in [-0.1, -0.05) is 28.9 Å². The predicted molar refractivity (Wildman–Crippen MR) is 96.4 cm³/mol. The van der Waals surface area contributed by atoms with Crippen molar-refractivity contribution in [2.45, 2.75) is 13.3 Å². The summed E-state index contributed by atoms with van der Waals surface area (Å²) in [5.74, 6) is 0.792. The zero-order chi connectivity index (χ0) is 15.2. The molecule has 0 atom stereocenters. The average molecular weight is 365 g/mol. The standard InChI is InChI=1S/C16H17BrN2OS/c1-3-11-9-12(17)7-8-15(11)19-16(21)18-13-5-4-6-14(10-13)20-2/h4-10H,3H2,1-2H3,(H2,18,19,21). The van der Waals surface area contributed by atoms with E-state index in [1.54, 1.807) is 7.11 Å². The van der Waals surface area contributed by atoms with Crippen LogP contribution in [0.2, 0.25) is 0 Å². The first-order valence-corrected chi connectivity index (χ1v) is 7.83. The zero-order valence-electron chi connectivity index (χ0n) is 11.9. The number of benzene rings is 2. The minimum Gasteiger partial charge on any atom is -0.497 e. The second-order valence-corrected chi connectivity index (χ2v) is 5.79. The van der Waals surface area contributed by atoms with Gasteiger partial charge in [-0.3, -0.25) is 0 Å². The van der Waals surface area contributed by atoms with E-state index >= 15 is 0 Å². The maximum Gasteiger partial charge on any atom is 0.175 e. The van der Waals surface area contributed by atoms with Gasteiger partial charge < -0.3 is 15.4 Å². The molecule has 0 bridgehead atoms. The Morgan fingerprint density at radius 2 is 2.00 bits per heavy atom. The van der Waals surface area contributed by atoms with E-state index in [1.807, 2.05) is 36.4 Å². The summed E-state index contributed by atoms with van der Waals surface area (Å²) in [6, 6.07) is 13.8. The number of thiocarbonyl (C=S) groups is 1. The third kappa shape index (κ3) is 4.44. The highest BCUT2D eigenvalue weighted by Gasteiger charge is 2.05. The van der Waals surface area contributed by atoms with E-state index in [9.17, 15) is 0 Å². The van der Waals surface area contributed by atoms with E-state index in [4.69, 9.17) is 17.0 Å². The van der Waals surface area contributed by atoms with Crippen LogP contribution in [0.5, 0.6) is 5.75 Å². The molecule has 0 aliphatic rings. The Morgan fingerprint density at radius 3 is 2.71 bits per heavy atom. The quantitative estimate of drug-likeness (QED) is 0.761. The molecule has 0 aliphatic carbocycles. The lowest BCUT2D eigenvalue weighted by atomic mass is 10.1. The second kappa shape index (κ2) is 7.43. The van der Waals surface area contributed by atoms with Crippen LogP contribution in [0, 0.1) is 0 Å². The lowest BCUT2D eigenvalue weighted by Crippen LogP contribution is -2.19. The molecular weight excluding hydrogens is 348 g/mol. The van der Waals surface area contributed by atoms with Gasteiger partial charge in [-0.15, -0.1) is 0 Å². The van der Waals surface area contributed by atoms with Crippen LogP contribution in [0.4, 0.5) is 11.4 Å². The summed E-state index contributed by atoms with van der Waals surface area (Å²) in [6.45, 7) is 2.12. The predicted octanol–water partition coefficient (Wildman–Crippen LogP) is 4.83. The number of nitrogens with one attached hydrogen (secondary N) is 2. The van der Waals surface area contributed by atoms with Crippen molar-refractivity contribution in [1.82, 2.24) is 0 Å². The Morgan fingerprint density at radius 1 is 1.19 bits per heavy atom. The van der Waals surface area contributed by atoms with Gasteiger partial charge in [-0.25, -0.2) is 0 Å². The molecule has 2 aromatic carbocycles. The Hall–Kier alpha value is -1.59. The van der Waals surface area contributed by atoms with Crippen LogP contribution < -0.4 is 15.4 Å². The van der Waals surface area contributed by atoms with Crippen molar-refractivity contribution >= 4 is 44.6 Å². The van der Waals surface area contributed by atoms with Crippen molar-refractivity contribution in [3.63, 3.8) is 0 Å². The van der Waals surface area contributed by atoms with E-state index < -0.39 is 0 Å². The van der Waals surface area contributed by atoms with Gasteiger partial charge in [0, 0.05) is 21.9 Å². The van der Waals surface area contributed by atoms with Crippen molar-refractivity contribution in [1.29, 1.82) is 0 Å². The SMILES string of the molecule is CCc1cc(Br)ccc1NC(=S)Nc1cccc(OC)c1. The Kier molecular flexibility index (Phi) is 5.59. The van der Waals surface area contributed by atoms with E-state index in [2.05, 4.69) is 39.6 Å². The van der Waals surface area contributed by atoms with E-state index in [0.29, 0.717) is 5.11 Å². The third-order valence-corrected chi connectivity index (χ3v) is 3.72. The second-order valence-electron chi connectivity index (χ2n) is 4.47. The highest BCUT2D eigenvalue weighted by molar-refractivity contribution is 9.10. The summed E-state index contributed by atoms with van der Waals surface area (Å²) in [7, 11) is 1.64. The van der Waals surface area contributed by atoms with Gasteiger partial charge in [0.25, 0.3) is 0 Å². The minimum atomic E-state index is 0.556. The summed E-state index contributed by atoms with van der Waals surface area (Å²) in [5.41, 5.74) is 3.11. The number of methoxy groups -OCH3 is 1. The first kappa shape index (κ1) is 15.8. The van der Waals surface area contributed by atoms with E-state index in [-0.39, 0.29) is 0 Å². The molecule has 3 nitrogen and oxygen atoms in total. The number of halogens is 1. The van der Waals surface area contributed by atoms with Crippen LogP contribution in [-0.4, -0.2) is 12.2 Å². The summed E-state index contributed by atoms with van der Waals surface area (Å²) >= 11 is 8.85. The molecule has 2 rings (SSSR count). The van der Waals surface area contributed by atoms with Crippen molar-refractivity contribution in [3.05, 3.63) is 52.5 Å². The van der Waals surface area contributed by atoms with Crippen LogP contribution in [0.3, 0.4) is 0 Å². The Bertz CT molecular complexity index is 646. The number of ether oxygens (including phenoxy) is 1. The van der Waals surface area contributed by atoms with Gasteiger partial charge in [-0.05, 0) is 54.5 Å². The first-order valence-electron chi connectivity index (χ1n) is 6.63. The molecule has 0 amide bonds. The molecule has 0 fully saturated rings. The number of aryl methyl sites for hydroxylation is 1. The fourth-order valence-corrected chi connectivity index (χ4v) is 2.60. The van der Waals surface area contributed by atoms with E-state index in [0.717, 1.165) is 28.0 Å². The van der Waals surface area contributed by atoms with Gasteiger partial charge in [0.15, 0.2) is 5.11 Å². The molecule has 0 aliphatic heterocycles. The number of hydrogen-bond donors (Lipinski definition) is 2. The van der Waals surface area contributed by atoms with Crippen LogP contribution in [0.1, 0.15) is 12.5 Å². The maximum absolute atomic E-state index is 5.36. The number of hydrogen-bond acceptors (Lipinski definition) is 2. The number of anilines is 2. The molecular formula is C16H17BrN2OS. The van der Waals surface area contributed by atoms with Crippen molar-refractivity contribution < 1.29 is 4.74 Å². The van der Waals surface area contributed by atoms with Crippen molar-refractivity contribution in [3.8, 4) is 5.75 Å². The van der Waals surface area contributed by atoms with Gasteiger partial charge in [0.05, 0.1) is 7.11 Å². The Balaban J connectivity index is 2.08. The molecule has 0 saturated carbocycles. The smallest absolute Gasteiger partial charge is 0.175 e. The largest absolute Gasteiger partial charge is 0.497 e. The molecule has 0 aromatic heterocycles. The lowest BCUT2D eigenvalue weighted by molar-refractivity contribution is 0.415.